The Bertz CT molecular complexity index is 961. The van der Waals surface area contributed by atoms with Crippen LogP contribution < -0.4 is 5.01 Å². The first kappa shape index (κ1) is 15.0. The number of furan rings is 1. The van der Waals surface area contributed by atoms with Crippen molar-refractivity contribution in [1.82, 2.24) is 19.6 Å². The molecule has 0 unspecified atom stereocenters. The summed E-state index contributed by atoms with van der Waals surface area (Å²) >= 11 is 5.92. The summed E-state index contributed by atoms with van der Waals surface area (Å²) in [6.45, 7) is 4.47. The van der Waals surface area contributed by atoms with Crippen LogP contribution in [0.1, 0.15) is 27.6 Å². The lowest BCUT2D eigenvalue weighted by Crippen LogP contribution is -2.48. The molecule has 0 aromatic carbocycles. The molecule has 0 spiro atoms. The lowest BCUT2D eigenvalue weighted by atomic mass is 10.1. The fourth-order valence-electron chi connectivity index (χ4n) is 3.08. The Kier molecular flexibility index (Phi) is 3.28. The molecule has 1 amide bonds. The van der Waals surface area contributed by atoms with Crippen LogP contribution in [0.5, 0.6) is 0 Å². The molecule has 4 rings (SSSR count). The number of nitrogens with zero attached hydrogens (tertiary/aromatic N) is 5. The standard InChI is InChI=1S/C16H16ClN5O2/c1-9-10(2)24-13-4-5-22(20(3)15(9)13)16(23)12-6-14-18-7-11(17)8-21(14)19-12/h6-8H,4-5H2,1-3H3. The van der Waals surface area contributed by atoms with Gasteiger partial charge in [0, 0.05) is 31.3 Å². The Balaban J connectivity index is 1.70. The van der Waals surface area contributed by atoms with Crippen molar-refractivity contribution in [3.8, 4) is 0 Å². The van der Waals surface area contributed by atoms with E-state index in [4.69, 9.17) is 16.0 Å². The van der Waals surface area contributed by atoms with E-state index in [9.17, 15) is 4.79 Å². The molecule has 1 aliphatic rings. The van der Waals surface area contributed by atoms with Gasteiger partial charge >= 0.3 is 0 Å². The normalized spacial score (nSPS) is 14.3. The van der Waals surface area contributed by atoms with Gasteiger partial charge in [-0.25, -0.2) is 14.5 Å². The van der Waals surface area contributed by atoms with Crippen molar-refractivity contribution in [3.05, 3.63) is 46.3 Å². The molecule has 124 valence electrons. The molecular weight excluding hydrogens is 330 g/mol. The van der Waals surface area contributed by atoms with E-state index in [2.05, 4.69) is 10.1 Å². The molecule has 0 bridgehead atoms. The predicted molar refractivity (Wildman–Crippen MR) is 89.3 cm³/mol. The quantitative estimate of drug-likeness (QED) is 0.678. The Morgan fingerprint density at radius 2 is 2.17 bits per heavy atom. The van der Waals surface area contributed by atoms with Gasteiger partial charge in [-0.3, -0.25) is 9.80 Å². The zero-order chi connectivity index (χ0) is 17.0. The number of hydrogen-bond acceptors (Lipinski definition) is 5. The van der Waals surface area contributed by atoms with E-state index in [0.29, 0.717) is 29.3 Å². The Labute approximate surface area is 143 Å². The van der Waals surface area contributed by atoms with Crippen LogP contribution in [-0.4, -0.2) is 39.1 Å². The summed E-state index contributed by atoms with van der Waals surface area (Å²) in [7, 11) is 1.86. The van der Waals surface area contributed by atoms with Gasteiger partial charge in [-0.15, -0.1) is 0 Å². The minimum absolute atomic E-state index is 0.178. The van der Waals surface area contributed by atoms with Gasteiger partial charge in [-0.2, -0.15) is 5.10 Å². The van der Waals surface area contributed by atoms with E-state index >= 15 is 0 Å². The molecule has 4 heterocycles. The van der Waals surface area contributed by atoms with Gasteiger partial charge in [0.15, 0.2) is 11.3 Å². The lowest BCUT2D eigenvalue weighted by molar-refractivity contribution is 0.0728. The third-order valence-corrected chi connectivity index (χ3v) is 4.59. The predicted octanol–water partition coefficient (Wildman–Crippen LogP) is 2.64. The first-order valence-corrected chi connectivity index (χ1v) is 7.99. The molecule has 0 aliphatic carbocycles. The van der Waals surface area contributed by atoms with Gasteiger partial charge in [0.05, 0.1) is 17.8 Å². The van der Waals surface area contributed by atoms with Gasteiger partial charge in [0.2, 0.25) is 0 Å². The van der Waals surface area contributed by atoms with Gasteiger partial charge in [-0.05, 0) is 13.8 Å². The molecule has 0 N–H and O–H groups in total. The molecule has 0 radical (unpaired) electrons. The largest absolute Gasteiger partial charge is 0.464 e. The van der Waals surface area contributed by atoms with Crippen LogP contribution >= 0.6 is 11.6 Å². The number of anilines is 1. The molecule has 0 saturated carbocycles. The molecule has 1 aliphatic heterocycles. The van der Waals surface area contributed by atoms with Crippen molar-refractivity contribution in [3.63, 3.8) is 0 Å². The summed E-state index contributed by atoms with van der Waals surface area (Å²) in [5, 5.41) is 8.28. The number of hydrazine groups is 1. The average Bonchev–Trinajstić information content (AvgIpc) is 3.09. The highest BCUT2D eigenvalue weighted by Crippen LogP contribution is 2.34. The van der Waals surface area contributed by atoms with Crippen LogP contribution in [0.2, 0.25) is 5.02 Å². The first-order chi connectivity index (χ1) is 11.5. The summed E-state index contributed by atoms with van der Waals surface area (Å²) in [5.74, 6) is 1.62. The minimum atomic E-state index is -0.178. The fraction of sp³-hybridized carbons (Fsp3) is 0.312. The van der Waals surface area contributed by atoms with E-state index < -0.39 is 0 Å². The van der Waals surface area contributed by atoms with Crippen LogP contribution in [0.4, 0.5) is 5.69 Å². The van der Waals surface area contributed by atoms with Gasteiger partial charge in [-0.1, -0.05) is 11.6 Å². The van der Waals surface area contributed by atoms with Crippen molar-refractivity contribution in [1.29, 1.82) is 0 Å². The van der Waals surface area contributed by atoms with E-state index in [1.807, 2.05) is 25.9 Å². The number of hydrogen-bond donors (Lipinski definition) is 0. The highest BCUT2D eigenvalue weighted by Gasteiger charge is 2.32. The Morgan fingerprint density at radius 1 is 1.38 bits per heavy atom. The van der Waals surface area contributed by atoms with Crippen LogP contribution in [-0.2, 0) is 6.42 Å². The number of halogens is 1. The molecule has 3 aromatic rings. The second-order valence-electron chi connectivity index (χ2n) is 5.86. The third kappa shape index (κ3) is 2.16. The van der Waals surface area contributed by atoms with Crippen molar-refractivity contribution in [2.45, 2.75) is 20.3 Å². The molecule has 0 fully saturated rings. The lowest BCUT2D eigenvalue weighted by Gasteiger charge is -2.36. The maximum absolute atomic E-state index is 12.9. The number of aromatic nitrogens is 3. The molecule has 24 heavy (non-hydrogen) atoms. The molecular formula is C16H16ClN5O2. The monoisotopic (exact) mass is 345 g/mol. The van der Waals surface area contributed by atoms with Crippen molar-refractivity contribution < 1.29 is 9.21 Å². The molecule has 3 aromatic heterocycles. The smallest absolute Gasteiger partial charge is 0.292 e. The van der Waals surface area contributed by atoms with Gasteiger partial charge < -0.3 is 4.42 Å². The number of aryl methyl sites for hydroxylation is 1. The number of carbonyl (C=O) groups excluding carboxylic acids is 1. The van der Waals surface area contributed by atoms with Crippen LogP contribution in [0.25, 0.3) is 5.65 Å². The number of rotatable bonds is 1. The summed E-state index contributed by atoms with van der Waals surface area (Å²) in [4.78, 5) is 17.1. The van der Waals surface area contributed by atoms with Crippen molar-refractivity contribution >= 4 is 28.8 Å². The van der Waals surface area contributed by atoms with E-state index in [1.165, 1.54) is 10.7 Å². The second-order valence-corrected chi connectivity index (χ2v) is 6.30. The Hall–Kier alpha value is -2.54. The summed E-state index contributed by atoms with van der Waals surface area (Å²) in [5.41, 5.74) is 2.92. The van der Waals surface area contributed by atoms with Crippen LogP contribution in [0, 0.1) is 13.8 Å². The molecule has 7 nitrogen and oxygen atoms in total. The zero-order valence-corrected chi connectivity index (χ0v) is 14.3. The molecule has 8 heteroatoms. The van der Waals surface area contributed by atoms with E-state index in [1.54, 1.807) is 17.3 Å². The van der Waals surface area contributed by atoms with Crippen LogP contribution in [0.15, 0.2) is 22.9 Å². The summed E-state index contributed by atoms with van der Waals surface area (Å²) in [6.07, 6.45) is 3.84. The highest BCUT2D eigenvalue weighted by atomic mass is 35.5. The molecule has 0 saturated heterocycles. The fourth-order valence-corrected chi connectivity index (χ4v) is 3.23. The maximum Gasteiger partial charge on any atom is 0.292 e. The SMILES string of the molecule is Cc1oc2c(c1C)N(C)N(C(=O)c1cc3ncc(Cl)cn3n1)CC2. The number of fused-ring (bicyclic) bond motifs is 2. The van der Waals surface area contributed by atoms with Crippen LogP contribution in [0.3, 0.4) is 0 Å². The van der Waals surface area contributed by atoms with Crippen molar-refractivity contribution in [2.24, 2.45) is 0 Å². The second kappa shape index (κ2) is 5.24. The highest BCUT2D eigenvalue weighted by molar-refractivity contribution is 6.30. The van der Waals surface area contributed by atoms with E-state index in [-0.39, 0.29) is 5.91 Å². The van der Waals surface area contributed by atoms with Gasteiger partial charge in [0.1, 0.15) is 17.2 Å². The third-order valence-electron chi connectivity index (χ3n) is 4.40. The minimum Gasteiger partial charge on any atom is -0.464 e. The first-order valence-electron chi connectivity index (χ1n) is 7.61. The maximum atomic E-state index is 12.9. The molecule has 0 atom stereocenters. The zero-order valence-electron chi connectivity index (χ0n) is 13.6. The topological polar surface area (TPSA) is 66.9 Å². The summed E-state index contributed by atoms with van der Waals surface area (Å²) < 4.78 is 7.29. The number of amides is 1. The van der Waals surface area contributed by atoms with E-state index in [0.717, 1.165) is 22.8 Å². The average molecular weight is 346 g/mol. The number of carbonyl (C=O) groups is 1. The van der Waals surface area contributed by atoms with Crippen molar-refractivity contribution in [2.75, 3.05) is 18.6 Å². The Morgan fingerprint density at radius 3 is 2.96 bits per heavy atom. The van der Waals surface area contributed by atoms with Gasteiger partial charge in [0.25, 0.3) is 5.91 Å². The summed E-state index contributed by atoms with van der Waals surface area (Å²) in [6, 6.07) is 1.66.